The van der Waals surface area contributed by atoms with E-state index in [0.29, 0.717) is 18.0 Å². The lowest BCUT2D eigenvalue weighted by Crippen LogP contribution is -2.38. The van der Waals surface area contributed by atoms with Crippen molar-refractivity contribution in [2.24, 2.45) is 5.11 Å². The van der Waals surface area contributed by atoms with E-state index in [9.17, 15) is 4.79 Å². The highest BCUT2D eigenvalue weighted by Gasteiger charge is 2.11. The van der Waals surface area contributed by atoms with Crippen molar-refractivity contribution in [1.82, 2.24) is 10.2 Å². The molecular weight excluding hydrogens is 290 g/mol. The van der Waals surface area contributed by atoms with Crippen LogP contribution in [0, 0.1) is 0 Å². The molecule has 8 heteroatoms. The SMILES string of the molecule is [N-]=[N+]=NCc1ccc(C(=O)NCCCN2CCOCC2)s1. The first-order valence-electron chi connectivity index (χ1n) is 6.97. The predicted octanol–water partition coefficient (Wildman–Crippen LogP) is 2.01. The van der Waals surface area contributed by atoms with Crippen LogP contribution in [-0.4, -0.2) is 50.2 Å². The van der Waals surface area contributed by atoms with Crippen molar-refractivity contribution in [3.05, 3.63) is 32.3 Å². The molecule has 0 atom stereocenters. The topological polar surface area (TPSA) is 90.3 Å². The summed E-state index contributed by atoms with van der Waals surface area (Å²) in [4.78, 5) is 18.6. The van der Waals surface area contributed by atoms with E-state index in [1.54, 1.807) is 6.07 Å². The van der Waals surface area contributed by atoms with E-state index in [-0.39, 0.29) is 5.91 Å². The lowest BCUT2D eigenvalue weighted by molar-refractivity contribution is 0.0374. The number of azide groups is 1. The van der Waals surface area contributed by atoms with Crippen LogP contribution in [0.25, 0.3) is 10.4 Å². The van der Waals surface area contributed by atoms with E-state index in [1.807, 2.05) is 6.07 Å². The summed E-state index contributed by atoms with van der Waals surface area (Å²) in [5, 5.41) is 6.40. The van der Waals surface area contributed by atoms with Crippen molar-refractivity contribution in [1.29, 1.82) is 0 Å². The molecule has 1 aliphatic rings. The first-order chi connectivity index (χ1) is 10.3. The number of amides is 1. The van der Waals surface area contributed by atoms with Crippen molar-refractivity contribution in [2.45, 2.75) is 13.0 Å². The minimum Gasteiger partial charge on any atom is -0.379 e. The zero-order valence-corrected chi connectivity index (χ0v) is 12.6. The lowest BCUT2D eigenvalue weighted by atomic mass is 10.3. The number of nitrogens with zero attached hydrogens (tertiary/aromatic N) is 4. The monoisotopic (exact) mass is 309 g/mol. The predicted molar refractivity (Wildman–Crippen MR) is 81.4 cm³/mol. The van der Waals surface area contributed by atoms with Crippen molar-refractivity contribution in [3.8, 4) is 0 Å². The normalized spacial score (nSPS) is 15.4. The fourth-order valence-electron chi connectivity index (χ4n) is 2.10. The van der Waals surface area contributed by atoms with Crippen LogP contribution in [0.4, 0.5) is 0 Å². The zero-order chi connectivity index (χ0) is 14.9. The molecule has 0 spiro atoms. The molecule has 1 aromatic heterocycles. The third-order valence-electron chi connectivity index (χ3n) is 3.22. The average molecular weight is 309 g/mol. The van der Waals surface area contributed by atoms with E-state index in [1.165, 1.54) is 11.3 Å². The first kappa shape index (κ1) is 15.8. The molecule has 1 aromatic rings. The molecule has 1 N–H and O–H groups in total. The molecule has 0 radical (unpaired) electrons. The van der Waals surface area contributed by atoms with Crippen LogP contribution in [-0.2, 0) is 11.3 Å². The van der Waals surface area contributed by atoms with E-state index in [0.717, 1.165) is 44.1 Å². The van der Waals surface area contributed by atoms with Gasteiger partial charge < -0.3 is 10.1 Å². The summed E-state index contributed by atoms with van der Waals surface area (Å²) in [5.41, 5.74) is 8.27. The van der Waals surface area contributed by atoms with Gasteiger partial charge in [0, 0.05) is 29.4 Å². The summed E-state index contributed by atoms with van der Waals surface area (Å²) in [6, 6.07) is 3.59. The van der Waals surface area contributed by atoms with E-state index in [2.05, 4.69) is 20.2 Å². The van der Waals surface area contributed by atoms with Crippen LogP contribution in [0.1, 0.15) is 21.0 Å². The largest absolute Gasteiger partial charge is 0.379 e. The van der Waals surface area contributed by atoms with Gasteiger partial charge in [0.2, 0.25) is 0 Å². The molecule has 114 valence electrons. The van der Waals surface area contributed by atoms with Crippen molar-refractivity contribution >= 4 is 17.2 Å². The Morgan fingerprint density at radius 2 is 2.29 bits per heavy atom. The second kappa shape index (κ2) is 8.63. The van der Waals surface area contributed by atoms with Crippen LogP contribution in [0.3, 0.4) is 0 Å². The molecule has 7 nitrogen and oxygen atoms in total. The Morgan fingerprint density at radius 3 is 3.05 bits per heavy atom. The van der Waals surface area contributed by atoms with Gasteiger partial charge >= 0.3 is 0 Å². The molecule has 0 aliphatic carbocycles. The standard InChI is InChI=1S/C13H19N5O2S/c14-17-16-10-11-2-3-12(21-11)13(19)15-4-1-5-18-6-8-20-9-7-18/h2-3H,1,4-10H2,(H,15,19). The highest BCUT2D eigenvalue weighted by Crippen LogP contribution is 2.17. The van der Waals surface area contributed by atoms with Gasteiger partial charge in [0.1, 0.15) is 0 Å². The molecule has 2 rings (SSSR count). The average Bonchev–Trinajstić information content (AvgIpc) is 2.99. The summed E-state index contributed by atoms with van der Waals surface area (Å²) < 4.78 is 5.29. The highest BCUT2D eigenvalue weighted by atomic mass is 32.1. The Balaban J connectivity index is 1.66. The molecule has 0 bridgehead atoms. The number of ether oxygens (including phenoxy) is 1. The first-order valence-corrected chi connectivity index (χ1v) is 7.79. The summed E-state index contributed by atoms with van der Waals surface area (Å²) in [7, 11) is 0. The smallest absolute Gasteiger partial charge is 0.261 e. The minimum absolute atomic E-state index is 0.0610. The molecule has 1 fully saturated rings. The maximum absolute atomic E-state index is 11.9. The summed E-state index contributed by atoms with van der Waals surface area (Å²) in [6.45, 7) is 5.50. The molecule has 2 heterocycles. The third kappa shape index (κ3) is 5.35. The van der Waals surface area contributed by atoms with Crippen LogP contribution in [0.5, 0.6) is 0 Å². The Kier molecular flexibility index (Phi) is 6.49. The van der Waals surface area contributed by atoms with Crippen LogP contribution < -0.4 is 5.32 Å². The minimum atomic E-state index is -0.0610. The van der Waals surface area contributed by atoms with E-state index < -0.39 is 0 Å². The second-order valence-electron chi connectivity index (χ2n) is 4.72. The molecule has 0 aromatic carbocycles. The van der Waals surface area contributed by atoms with E-state index in [4.69, 9.17) is 10.3 Å². The Hall–Kier alpha value is -1.60. The van der Waals surface area contributed by atoms with Crippen LogP contribution in [0.15, 0.2) is 17.2 Å². The zero-order valence-electron chi connectivity index (χ0n) is 11.8. The van der Waals surface area contributed by atoms with Gasteiger partial charge in [-0.05, 0) is 30.6 Å². The van der Waals surface area contributed by atoms with Gasteiger partial charge in [-0.3, -0.25) is 9.69 Å². The van der Waals surface area contributed by atoms with E-state index >= 15 is 0 Å². The number of rotatable bonds is 7. The van der Waals surface area contributed by atoms with Gasteiger partial charge in [0.15, 0.2) is 0 Å². The van der Waals surface area contributed by atoms with Gasteiger partial charge in [-0.25, -0.2) is 0 Å². The Morgan fingerprint density at radius 1 is 1.48 bits per heavy atom. The Bertz CT molecular complexity index is 506. The fraction of sp³-hybridized carbons (Fsp3) is 0.615. The number of carbonyl (C=O) groups is 1. The maximum Gasteiger partial charge on any atom is 0.261 e. The number of nitrogens with one attached hydrogen (secondary N) is 1. The van der Waals surface area contributed by atoms with Gasteiger partial charge in [0.25, 0.3) is 5.91 Å². The molecule has 0 unspecified atom stereocenters. The molecule has 0 saturated carbocycles. The highest BCUT2D eigenvalue weighted by molar-refractivity contribution is 7.14. The summed E-state index contributed by atoms with van der Waals surface area (Å²) in [5.74, 6) is -0.0610. The molecule has 1 saturated heterocycles. The van der Waals surface area contributed by atoms with Crippen molar-refractivity contribution < 1.29 is 9.53 Å². The molecule has 21 heavy (non-hydrogen) atoms. The van der Waals surface area contributed by atoms with Gasteiger partial charge in [-0.2, -0.15) is 0 Å². The maximum atomic E-state index is 11.9. The van der Waals surface area contributed by atoms with Crippen LogP contribution in [0.2, 0.25) is 0 Å². The molecule has 1 amide bonds. The number of carbonyl (C=O) groups excluding carboxylic acids is 1. The third-order valence-corrected chi connectivity index (χ3v) is 4.28. The number of hydrogen-bond acceptors (Lipinski definition) is 5. The summed E-state index contributed by atoms with van der Waals surface area (Å²) in [6.07, 6.45) is 0.933. The quantitative estimate of drug-likeness (QED) is 0.361. The number of thiophene rings is 1. The van der Waals surface area contributed by atoms with Gasteiger partial charge in [-0.1, -0.05) is 5.11 Å². The number of morpholine rings is 1. The van der Waals surface area contributed by atoms with Gasteiger partial charge in [-0.15, -0.1) is 11.3 Å². The molecular formula is C13H19N5O2S. The lowest BCUT2D eigenvalue weighted by Gasteiger charge is -2.26. The van der Waals surface area contributed by atoms with Crippen molar-refractivity contribution in [3.63, 3.8) is 0 Å². The number of hydrogen-bond donors (Lipinski definition) is 1. The fourth-order valence-corrected chi connectivity index (χ4v) is 2.94. The second-order valence-corrected chi connectivity index (χ2v) is 5.89. The Labute approximate surface area is 127 Å². The van der Waals surface area contributed by atoms with Crippen molar-refractivity contribution in [2.75, 3.05) is 39.4 Å². The van der Waals surface area contributed by atoms with Gasteiger partial charge in [0.05, 0.1) is 24.6 Å². The molecule has 1 aliphatic heterocycles. The summed E-state index contributed by atoms with van der Waals surface area (Å²) >= 11 is 1.36. The van der Waals surface area contributed by atoms with Crippen LogP contribution >= 0.6 is 11.3 Å².